The molecular weight excluding hydrogens is 268 g/mol. The Hall–Kier alpha value is -0.790. The number of rotatable bonds is 7. The highest BCUT2D eigenvalue weighted by atomic mass is 32.2. The molecule has 0 aromatic carbocycles. The molecule has 0 saturated carbocycles. The van der Waals surface area contributed by atoms with Crippen LogP contribution in [-0.2, 0) is 14.3 Å². The third-order valence-electron chi connectivity index (χ3n) is 3.20. The number of ether oxygens (including phenoxy) is 1. The van der Waals surface area contributed by atoms with Gasteiger partial charge in [-0.3, -0.25) is 4.79 Å². The van der Waals surface area contributed by atoms with Crippen LogP contribution in [-0.4, -0.2) is 58.8 Å². The third kappa shape index (κ3) is 4.09. The van der Waals surface area contributed by atoms with Gasteiger partial charge in [0.25, 0.3) is 0 Å². The highest BCUT2D eigenvalue weighted by molar-refractivity contribution is 8.00. The average molecular weight is 290 g/mol. The Balaban J connectivity index is 2.76. The van der Waals surface area contributed by atoms with Crippen LogP contribution in [0.25, 0.3) is 0 Å². The van der Waals surface area contributed by atoms with Crippen molar-refractivity contribution in [1.82, 2.24) is 4.90 Å². The second-order valence-electron chi connectivity index (χ2n) is 4.53. The van der Waals surface area contributed by atoms with Crippen LogP contribution in [0.3, 0.4) is 0 Å². The third-order valence-corrected chi connectivity index (χ3v) is 4.56. The van der Waals surface area contributed by atoms with E-state index in [-0.39, 0.29) is 30.4 Å². The number of carboxylic acids is 1. The number of nitrogens with zero attached hydrogens (tertiary/aromatic N) is 1. The van der Waals surface area contributed by atoms with E-state index in [1.54, 1.807) is 0 Å². The summed E-state index contributed by atoms with van der Waals surface area (Å²) in [5.41, 5.74) is 5.50. The fourth-order valence-electron chi connectivity index (χ4n) is 2.12. The van der Waals surface area contributed by atoms with E-state index in [1.807, 2.05) is 6.92 Å². The molecule has 1 saturated heterocycles. The molecule has 19 heavy (non-hydrogen) atoms. The van der Waals surface area contributed by atoms with Crippen LogP contribution in [0.5, 0.6) is 0 Å². The number of carbonyl (C=O) groups is 2. The maximum atomic E-state index is 12.3. The summed E-state index contributed by atoms with van der Waals surface area (Å²) >= 11 is 1.53. The summed E-state index contributed by atoms with van der Waals surface area (Å²) in [7, 11) is 1.50. The lowest BCUT2D eigenvalue weighted by molar-refractivity contribution is -0.150. The summed E-state index contributed by atoms with van der Waals surface area (Å²) in [4.78, 5) is 25.0. The topological polar surface area (TPSA) is 92.9 Å². The molecule has 3 atom stereocenters. The van der Waals surface area contributed by atoms with Crippen LogP contribution in [0.1, 0.15) is 26.2 Å². The summed E-state index contributed by atoms with van der Waals surface area (Å²) in [6, 6.07) is -0.732. The second-order valence-corrected chi connectivity index (χ2v) is 5.74. The highest BCUT2D eigenvalue weighted by Crippen LogP contribution is 2.33. The molecule has 1 heterocycles. The molecule has 1 rings (SSSR count). The molecule has 1 amide bonds. The smallest absolute Gasteiger partial charge is 0.327 e. The largest absolute Gasteiger partial charge is 0.480 e. The van der Waals surface area contributed by atoms with E-state index in [0.717, 1.165) is 12.8 Å². The SMILES string of the molecule is CCCC1SCC(C(=O)O)N1C(=O)CC(CN)OC. The molecule has 110 valence electrons. The first-order valence-electron chi connectivity index (χ1n) is 6.43. The Morgan fingerprint density at radius 3 is 2.74 bits per heavy atom. The number of amides is 1. The molecule has 0 aromatic heterocycles. The minimum absolute atomic E-state index is 0.0473. The van der Waals surface area contributed by atoms with Gasteiger partial charge in [-0.2, -0.15) is 0 Å². The summed E-state index contributed by atoms with van der Waals surface area (Å²) < 4.78 is 5.09. The first-order valence-corrected chi connectivity index (χ1v) is 7.48. The minimum Gasteiger partial charge on any atom is -0.480 e. The molecular formula is C12H22N2O4S. The number of hydrogen-bond donors (Lipinski definition) is 2. The normalized spacial score (nSPS) is 24.5. The molecule has 3 N–H and O–H groups in total. The number of thioether (sulfide) groups is 1. The summed E-state index contributed by atoms with van der Waals surface area (Å²) in [6.45, 7) is 2.27. The van der Waals surface area contributed by atoms with Crippen LogP contribution in [0.4, 0.5) is 0 Å². The monoisotopic (exact) mass is 290 g/mol. The molecule has 0 bridgehead atoms. The van der Waals surface area contributed by atoms with Gasteiger partial charge in [0.1, 0.15) is 6.04 Å². The van der Waals surface area contributed by atoms with Gasteiger partial charge >= 0.3 is 5.97 Å². The zero-order valence-corrected chi connectivity index (χ0v) is 12.2. The van der Waals surface area contributed by atoms with Crippen molar-refractivity contribution in [1.29, 1.82) is 0 Å². The summed E-state index contributed by atoms with van der Waals surface area (Å²) in [5.74, 6) is -0.680. The average Bonchev–Trinajstić information content (AvgIpc) is 2.80. The quantitative estimate of drug-likeness (QED) is 0.709. The van der Waals surface area contributed by atoms with E-state index in [4.69, 9.17) is 10.5 Å². The summed E-state index contributed by atoms with van der Waals surface area (Å²) in [6.07, 6.45) is 1.51. The van der Waals surface area contributed by atoms with Crippen molar-refractivity contribution in [2.75, 3.05) is 19.4 Å². The minimum atomic E-state index is -0.943. The van der Waals surface area contributed by atoms with E-state index in [2.05, 4.69) is 0 Å². The molecule has 7 heteroatoms. The Morgan fingerprint density at radius 1 is 1.58 bits per heavy atom. The predicted octanol–water partition coefficient (Wildman–Crippen LogP) is 0.505. The Bertz CT molecular complexity index is 323. The maximum absolute atomic E-state index is 12.3. The molecule has 1 fully saturated rings. The van der Waals surface area contributed by atoms with Crippen molar-refractivity contribution >= 4 is 23.6 Å². The number of methoxy groups -OCH3 is 1. The van der Waals surface area contributed by atoms with Crippen molar-refractivity contribution in [2.24, 2.45) is 5.73 Å². The van der Waals surface area contributed by atoms with Gasteiger partial charge in [-0.05, 0) is 6.42 Å². The van der Waals surface area contributed by atoms with Gasteiger partial charge < -0.3 is 20.5 Å². The molecule has 6 nitrogen and oxygen atoms in total. The van der Waals surface area contributed by atoms with Gasteiger partial charge in [0.05, 0.1) is 17.9 Å². The predicted molar refractivity (Wildman–Crippen MR) is 73.9 cm³/mol. The van der Waals surface area contributed by atoms with Crippen LogP contribution in [0.15, 0.2) is 0 Å². The van der Waals surface area contributed by atoms with Crippen molar-refractivity contribution in [3.63, 3.8) is 0 Å². The van der Waals surface area contributed by atoms with Gasteiger partial charge in [0.15, 0.2) is 0 Å². The van der Waals surface area contributed by atoms with Gasteiger partial charge in [0.2, 0.25) is 5.91 Å². The Kier molecular flexibility index (Phi) is 6.60. The molecule has 1 aliphatic rings. The van der Waals surface area contributed by atoms with Crippen LogP contribution in [0.2, 0.25) is 0 Å². The van der Waals surface area contributed by atoms with Gasteiger partial charge in [-0.15, -0.1) is 11.8 Å². The number of aliphatic carboxylic acids is 1. The van der Waals surface area contributed by atoms with E-state index in [0.29, 0.717) is 5.75 Å². The highest BCUT2D eigenvalue weighted by Gasteiger charge is 2.41. The van der Waals surface area contributed by atoms with E-state index in [1.165, 1.54) is 23.8 Å². The van der Waals surface area contributed by atoms with Crippen molar-refractivity contribution < 1.29 is 19.4 Å². The number of carbonyl (C=O) groups excluding carboxylic acids is 1. The Morgan fingerprint density at radius 2 is 2.26 bits per heavy atom. The zero-order chi connectivity index (χ0) is 14.4. The zero-order valence-electron chi connectivity index (χ0n) is 11.4. The van der Waals surface area contributed by atoms with Crippen LogP contribution in [0, 0.1) is 0 Å². The number of nitrogens with two attached hydrogens (primary N) is 1. The molecule has 0 spiro atoms. The molecule has 0 aliphatic carbocycles. The van der Waals surface area contributed by atoms with E-state index in [9.17, 15) is 14.7 Å². The molecule has 1 aliphatic heterocycles. The van der Waals surface area contributed by atoms with Gasteiger partial charge in [0, 0.05) is 19.4 Å². The lowest BCUT2D eigenvalue weighted by Crippen LogP contribution is -2.47. The van der Waals surface area contributed by atoms with Crippen molar-refractivity contribution in [2.45, 2.75) is 43.7 Å². The second kappa shape index (κ2) is 7.72. The maximum Gasteiger partial charge on any atom is 0.327 e. The molecule has 0 radical (unpaired) electrons. The van der Waals surface area contributed by atoms with Gasteiger partial charge in [-0.25, -0.2) is 4.79 Å². The lowest BCUT2D eigenvalue weighted by atomic mass is 10.1. The molecule has 0 aromatic rings. The fraction of sp³-hybridized carbons (Fsp3) is 0.833. The summed E-state index contributed by atoms with van der Waals surface area (Å²) in [5, 5.41) is 9.16. The van der Waals surface area contributed by atoms with Crippen molar-refractivity contribution in [3.8, 4) is 0 Å². The first-order chi connectivity index (χ1) is 9.04. The molecule has 3 unspecified atom stereocenters. The standard InChI is InChI=1S/C12H22N2O4S/c1-3-4-11-14(9(7-19-11)12(16)17)10(15)5-8(6-13)18-2/h8-9,11H,3-7,13H2,1-2H3,(H,16,17). The number of carboxylic acid groups (broad SMARTS) is 1. The van der Waals surface area contributed by atoms with Gasteiger partial charge in [-0.1, -0.05) is 13.3 Å². The lowest BCUT2D eigenvalue weighted by Gasteiger charge is -2.28. The van der Waals surface area contributed by atoms with Crippen LogP contribution >= 0.6 is 11.8 Å². The van der Waals surface area contributed by atoms with Crippen molar-refractivity contribution in [3.05, 3.63) is 0 Å². The van der Waals surface area contributed by atoms with E-state index >= 15 is 0 Å². The fourth-order valence-corrected chi connectivity index (χ4v) is 3.66. The van der Waals surface area contributed by atoms with Crippen LogP contribution < -0.4 is 5.73 Å². The Labute approximate surface area is 117 Å². The van der Waals surface area contributed by atoms with E-state index < -0.39 is 12.0 Å². The first kappa shape index (κ1) is 16.3. The number of hydrogen-bond acceptors (Lipinski definition) is 5.